The Morgan fingerprint density at radius 3 is 2.60 bits per heavy atom. The molecule has 144 valence electrons. The second-order valence-corrected chi connectivity index (χ2v) is 6.36. The van der Waals surface area contributed by atoms with Crippen LogP contribution in [0, 0.1) is 5.92 Å². The van der Waals surface area contributed by atoms with Gasteiger partial charge in [-0.05, 0) is 41.7 Å². The van der Waals surface area contributed by atoms with Crippen LogP contribution in [0.2, 0.25) is 0 Å². The smallest absolute Gasteiger partial charge is 0.187 e. The Labute approximate surface area is 148 Å². The average molecular weight is 360 g/mol. The van der Waals surface area contributed by atoms with E-state index in [1.165, 1.54) is 19.3 Å². The van der Waals surface area contributed by atoms with Crippen LogP contribution < -0.4 is 0 Å². The Hall–Kier alpha value is -0.960. The highest BCUT2D eigenvalue weighted by Crippen LogP contribution is 2.41. The van der Waals surface area contributed by atoms with Crippen LogP contribution in [0.25, 0.3) is 0 Å². The normalized spacial score (nSPS) is 24.4. The van der Waals surface area contributed by atoms with Crippen molar-refractivity contribution in [2.45, 2.75) is 76.9 Å². The summed E-state index contributed by atoms with van der Waals surface area (Å²) < 4.78 is 5.50. The molecular formula is C17H28O8. The Morgan fingerprint density at radius 1 is 1.00 bits per heavy atom. The molecule has 0 aromatic carbocycles. The lowest BCUT2D eigenvalue weighted by atomic mass is 9.86. The first kappa shape index (κ1) is 20.4. The second kappa shape index (κ2) is 12.4. The standard InChI is InChI=1S/C17H28O8/c1-3-5-6-7-8-11-18-21-23-25-24-22-20-15(4-2)12-14-9-10-16-17(13-14)19-16/h14,16-17H,2-3,5-13H2,1H3. The summed E-state index contributed by atoms with van der Waals surface area (Å²) in [5, 5.41) is 21.1. The molecular weight excluding hydrogens is 332 g/mol. The number of rotatable bonds is 15. The minimum absolute atomic E-state index is 0.404. The van der Waals surface area contributed by atoms with Gasteiger partial charge in [-0.25, -0.2) is 4.89 Å². The molecule has 0 spiro atoms. The number of epoxide rings is 1. The van der Waals surface area contributed by atoms with E-state index in [1.807, 2.05) is 0 Å². The molecule has 8 nitrogen and oxygen atoms in total. The monoisotopic (exact) mass is 360 g/mol. The highest BCUT2D eigenvalue weighted by Gasteiger charge is 2.43. The summed E-state index contributed by atoms with van der Waals surface area (Å²) in [7, 11) is 0. The number of fused-ring (bicyclic) bond motifs is 1. The molecule has 0 bridgehead atoms. The van der Waals surface area contributed by atoms with Gasteiger partial charge in [0.15, 0.2) is 5.76 Å². The maximum atomic E-state index is 5.50. The van der Waals surface area contributed by atoms with E-state index < -0.39 is 0 Å². The lowest BCUT2D eigenvalue weighted by molar-refractivity contribution is -0.787. The maximum absolute atomic E-state index is 5.50. The van der Waals surface area contributed by atoms with Crippen LogP contribution in [-0.2, 0) is 39.7 Å². The summed E-state index contributed by atoms with van der Waals surface area (Å²) >= 11 is 0. The number of ether oxygens (including phenoxy) is 1. The maximum Gasteiger partial charge on any atom is 0.187 e. The summed E-state index contributed by atoms with van der Waals surface area (Å²) in [6.07, 6.45) is 10.3. The van der Waals surface area contributed by atoms with Crippen LogP contribution in [0.4, 0.5) is 0 Å². The van der Waals surface area contributed by atoms with Crippen molar-refractivity contribution in [3.63, 3.8) is 0 Å². The van der Waals surface area contributed by atoms with Crippen molar-refractivity contribution < 1.29 is 39.7 Å². The molecule has 2 aliphatic rings. The average Bonchev–Trinajstić information content (AvgIpc) is 3.40. The molecule has 1 saturated heterocycles. The molecule has 8 heteroatoms. The molecule has 3 unspecified atom stereocenters. The summed E-state index contributed by atoms with van der Waals surface area (Å²) in [4.78, 5) is 9.62. The van der Waals surface area contributed by atoms with Crippen LogP contribution in [0.1, 0.15) is 64.7 Å². The Morgan fingerprint density at radius 2 is 1.80 bits per heavy atom. The fourth-order valence-corrected chi connectivity index (χ4v) is 2.98. The zero-order chi connectivity index (χ0) is 17.7. The fourth-order valence-electron chi connectivity index (χ4n) is 2.98. The van der Waals surface area contributed by atoms with Crippen molar-refractivity contribution in [1.29, 1.82) is 0 Å². The van der Waals surface area contributed by atoms with Gasteiger partial charge >= 0.3 is 0 Å². The number of hydrogen-bond donors (Lipinski definition) is 0. The van der Waals surface area contributed by atoms with Gasteiger partial charge in [0.25, 0.3) is 0 Å². The van der Waals surface area contributed by atoms with E-state index >= 15 is 0 Å². The van der Waals surface area contributed by atoms with Crippen LogP contribution in [-0.4, -0.2) is 18.8 Å². The fraction of sp³-hybridized carbons (Fsp3) is 0.824. The third-order valence-corrected chi connectivity index (χ3v) is 4.41. The largest absolute Gasteiger partial charge is 0.370 e. The quantitative estimate of drug-likeness (QED) is 0.107. The molecule has 1 aliphatic carbocycles. The van der Waals surface area contributed by atoms with E-state index in [2.05, 4.69) is 44.4 Å². The minimum atomic E-state index is 0.404. The van der Waals surface area contributed by atoms with Crippen LogP contribution in [0.5, 0.6) is 0 Å². The van der Waals surface area contributed by atoms with Gasteiger partial charge < -0.3 is 9.62 Å². The molecule has 0 N–H and O–H groups in total. The molecule has 1 heterocycles. The van der Waals surface area contributed by atoms with E-state index in [0.717, 1.165) is 32.1 Å². The van der Waals surface area contributed by atoms with Crippen molar-refractivity contribution in [2.24, 2.45) is 5.92 Å². The predicted octanol–water partition coefficient (Wildman–Crippen LogP) is 4.19. The van der Waals surface area contributed by atoms with Crippen molar-refractivity contribution >= 4 is 0 Å². The third kappa shape index (κ3) is 8.80. The first-order valence-electron chi connectivity index (χ1n) is 9.00. The second-order valence-electron chi connectivity index (χ2n) is 6.36. The van der Waals surface area contributed by atoms with Gasteiger partial charge in [-0.3, -0.25) is 0 Å². The molecule has 25 heavy (non-hydrogen) atoms. The SMILES string of the molecule is C=C=C(CC1CCC2OC2C1)OOOOOOOCCCCCCC. The lowest BCUT2D eigenvalue weighted by Gasteiger charge is -2.18. The topological polar surface area (TPSA) is 77.1 Å². The van der Waals surface area contributed by atoms with Gasteiger partial charge in [-0.15, -0.1) is 0 Å². The number of unbranched alkanes of at least 4 members (excludes halogenated alkanes) is 4. The third-order valence-electron chi connectivity index (χ3n) is 4.41. The number of allylic oxidation sites excluding steroid dienone is 1. The van der Waals surface area contributed by atoms with E-state index in [-0.39, 0.29) is 0 Å². The molecule has 2 rings (SSSR count). The van der Waals surface area contributed by atoms with Gasteiger partial charge in [-0.1, -0.05) is 44.9 Å². The summed E-state index contributed by atoms with van der Waals surface area (Å²) in [6.45, 7) is 6.13. The molecule has 0 amide bonds. The zero-order valence-electron chi connectivity index (χ0n) is 14.8. The van der Waals surface area contributed by atoms with E-state index in [9.17, 15) is 0 Å². The molecule has 1 aliphatic heterocycles. The summed E-state index contributed by atoms with van der Waals surface area (Å²) in [5.41, 5.74) is 2.66. The van der Waals surface area contributed by atoms with Gasteiger partial charge in [0.2, 0.25) is 0 Å². The van der Waals surface area contributed by atoms with Gasteiger partial charge in [-0.2, -0.15) is 0 Å². The Balaban J connectivity index is 1.37. The van der Waals surface area contributed by atoms with E-state index in [4.69, 9.17) is 14.5 Å². The van der Waals surface area contributed by atoms with Gasteiger partial charge in [0.05, 0.1) is 18.8 Å². The lowest BCUT2D eigenvalue weighted by Crippen LogP contribution is -2.14. The number of hydrogen-bond acceptors (Lipinski definition) is 8. The Bertz CT molecular complexity index is 409. The summed E-state index contributed by atoms with van der Waals surface area (Å²) in [6, 6.07) is 0. The highest BCUT2D eigenvalue weighted by molar-refractivity contribution is 4.97. The Kier molecular flexibility index (Phi) is 10.1. The van der Waals surface area contributed by atoms with Crippen molar-refractivity contribution in [2.75, 3.05) is 6.61 Å². The van der Waals surface area contributed by atoms with Gasteiger partial charge in [0.1, 0.15) is 0 Å². The van der Waals surface area contributed by atoms with E-state index in [1.54, 1.807) is 0 Å². The highest BCUT2D eigenvalue weighted by atomic mass is 17.9. The van der Waals surface area contributed by atoms with Crippen LogP contribution >= 0.6 is 0 Å². The van der Waals surface area contributed by atoms with Crippen molar-refractivity contribution in [3.8, 4) is 0 Å². The molecule has 2 fully saturated rings. The van der Waals surface area contributed by atoms with Crippen LogP contribution in [0.3, 0.4) is 0 Å². The van der Waals surface area contributed by atoms with E-state index in [0.29, 0.717) is 36.9 Å². The molecule has 1 saturated carbocycles. The summed E-state index contributed by atoms with van der Waals surface area (Å²) in [5.74, 6) is 0.889. The molecule has 0 radical (unpaired) electrons. The van der Waals surface area contributed by atoms with Crippen molar-refractivity contribution in [3.05, 3.63) is 18.1 Å². The first-order valence-corrected chi connectivity index (χ1v) is 9.00. The van der Waals surface area contributed by atoms with Crippen LogP contribution in [0.15, 0.2) is 18.1 Å². The minimum Gasteiger partial charge on any atom is -0.370 e. The van der Waals surface area contributed by atoms with Crippen molar-refractivity contribution in [1.82, 2.24) is 0 Å². The molecule has 0 aromatic rings. The zero-order valence-corrected chi connectivity index (χ0v) is 14.8. The first-order chi connectivity index (χ1) is 12.3. The van der Waals surface area contributed by atoms with Gasteiger partial charge in [0, 0.05) is 21.5 Å². The predicted molar refractivity (Wildman–Crippen MR) is 84.5 cm³/mol. The molecule has 3 atom stereocenters. The molecule has 0 aromatic heterocycles.